The molecule has 14 heteroatoms. The van der Waals surface area contributed by atoms with E-state index in [2.05, 4.69) is 20.4 Å². The maximum Gasteiger partial charge on any atom is 0.414 e. The molecule has 1 aliphatic carbocycles. The molecular weight excluding hydrogens is 550 g/mol. The molecule has 0 spiro atoms. The first-order chi connectivity index (χ1) is 19.3. The average molecular weight is 584 g/mol. The normalized spacial score (nSPS) is 17.3. The first-order valence-corrected chi connectivity index (χ1v) is 13.7. The maximum atomic E-state index is 13.7. The number of anilines is 2. The highest BCUT2D eigenvalue weighted by atomic mass is 35.5. The zero-order valence-corrected chi connectivity index (χ0v) is 24.7. The Morgan fingerprint density at radius 3 is 2.68 bits per heavy atom. The van der Waals surface area contributed by atoms with Gasteiger partial charge in [-0.2, -0.15) is 5.10 Å². The van der Waals surface area contributed by atoms with Crippen molar-refractivity contribution in [3.8, 4) is 0 Å². The molecule has 0 radical (unpaired) electrons. The predicted octanol–water partition coefficient (Wildman–Crippen LogP) is 3.83. The minimum atomic E-state index is -0.688. The molecule has 2 N–H and O–H groups in total. The van der Waals surface area contributed by atoms with Crippen molar-refractivity contribution in [2.75, 3.05) is 24.7 Å². The van der Waals surface area contributed by atoms with Crippen molar-refractivity contribution in [3.05, 3.63) is 40.8 Å². The quantitative estimate of drug-likeness (QED) is 0.334. The largest absolute Gasteiger partial charge is 0.443 e. The molecule has 5 rings (SSSR count). The number of nitrogens with two attached hydrogens (primary N) is 1. The van der Waals surface area contributed by atoms with Gasteiger partial charge in [-0.1, -0.05) is 16.8 Å². The van der Waals surface area contributed by atoms with Crippen molar-refractivity contribution in [2.24, 2.45) is 7.05 Å². The summed E-state index contributed by atoms with van der Waals surface area (Å²) in [7, 11) is 5.12. The summed E-state index contributed by atoms with van der Waals surface area (Å²) in [6.45, 7) is 5.67. The molecule has 0 aliphatic heterocycles. The molecule has 1 saturated carbocycles. The number of hydrogen-bond acceptors (Lipinski definition) is 9. The third-order valence-corrected chi connectivity index (χ3v) is 7.36. The number of likely N-dealkylation sites (N-methyl/N-ethyl adjacent to an activating group) is 1. The molecule has 1 fully saturated rings. The molecule has 218 valence electrons. The molecule has 0 bridgehead atoms. The van der Waals surface area contributed by atoms with Crippen molar-refractivity contribution in [3.63, 3.8) is 0 Å². The fraction of sp³-hybridized carbons (Fsp3) is 0.481. The average Bonchev–Trinajstić information content (AvgIpc) is 3.63. The molecule has 41 heavy (non-hydrogen) atoms. The number of aromatic nitrogens is 6. The number of nitrogens with zero attached hydrogens (tertiary/aromatic N) is 8. The molecule has 0 unspecified atom stereocenters. The Morgan fingerprint density at radius 1 is 1.20 bits per heavy atom. The summed E-state index contributed by atoms with van der Waals surface area (Å²) < 4.78 is 14.8. The summed E-state index contributed by atoms with van der Waals surface area (Å²) in [6, 6.07) is 5.16. The summed E-state index contributed by atoms with van der Waals surface area (Å²) in [4.78, 5) is 33.8. The molecule has 3 heterocycles. The molecule has 1 aromatic carbocycles. The number of rotatable bonds is 6. The lowest BCUT2D eigenvalue weighted by molar-refractivity contribution is 0.000394. The second-order valence-electron chi connectivity index (χ2n) is 11.3. The second kappa shape index (κ2) is 10.8. The van der Waals surface area contributed by atoms with Crippen LogP contribution in [-0.4, -0.2) is 78.3 Å². The highest BCUT2D eigenvalue weighted by Crippen LogP contribution is 2.30. The number of hydrogen-bond donors (Lipinski definition) is 1. The number of halogens is 1. The lowest BCUT2D eigenvalue weighted by Crippen LogP contribution is -2.43. The topological polar surface area (TPSA) is 146 Å². The van der Waals surface area contributed by atoms with Gasteiger partial charge in [0.05, 0.1) is 41.8 Å². The monoisotopic (exact) mass is 583 g/mol. The highest BCUT2D eigenvalue weighted by molar-refractivity contribution is 6.29. The van der Waals surface area contributed by atoms with Gasteiger partial charge in [0, 0.05) is 27.2 Å². The zero-order chi connectivity index (χ0) is 29.6. The molecular formula is C27H34ClN9O4. The molecule has 2 amide bonds. The molecule has 2 atom stereocenters. The first-order valence-electron chi connectivity index (χ1n) is 13.3. The van der Waals surface area contributed by atoms with Crippen molar-refractivity contribution in [2.45, 2.75) is 64.4 Å². The van der Waals surface area contributed by atoms with Crippen LogP contribution in [0.4, 0.5) is 16.2 Å². The summed E-state index contributed by atoms with van der Waals surface area (Å²) in [5, 5.41) is 12.5. The van der Waals surface area contributed by atoms with Gasteiger partial charge in [0.15, 0.2) is 16.5 Å². The van der Waals surface area contributed by atoms with Crippen LogP contribution >= 0.6 is 11.6 Å². The second-order valence-corrected chi connectivity index (χ2v) is 11.7. The summed E-state index contributed by atoms with van der Waals surface area (Å²) in [5.74, 6) is -0.287. The SMILES string of the molecule is CN(C(=O)OC(C)(C)C)c1cc(Cl)nn2c(C(=O)N(C)[C@@H]3CCC[C@H]3OCc3cc(N)c4nnn(C)c4c3)cnc12. The van der Waals surface area contributed by atoms with Crippen LogP contribution in [0.2, 0.25) is 5.15 Å². The number of fused-ring (bicyclic) bond motifs is 2. The molecule has 13 nitrogen and oxygen atoms in total. The number of ether oxygens (including phenoxy) is 2. The number of carbonyl (C=O) groups is 2. The Kier molecular flexibility index (Phi) is 7.51. The standard InChI is InChI=1S/C27H34ClN9O4/c1-27(2,3)41-26(39)35(5)19-12-22(28)32-37-20(13-30-24(19)37)25(38)34(4)17-8-7-9-21(17)40-14-15-10-16(29)23-18(11-15)36(6)33-31-23/h10-13,17,21H,7-9,14,29H2,1-6H3/t17-,21-/m1/s1. The summed E-state index contributed by atoms with van der Waals surface area (Å²) >= 11 is 6.32. The van der Waals surface area contributed by atoms with Crippen LogP contribution in [0.5, 0.6) is 0 Å². The number of benzene rings is 1. The lowest BCUT2D eigenvalue weighted by atomic mass is 10.1. The Hall–Kier alpha value is -3.97. The highest BCUT2D eigenvalue weighted by Gasteiger charge is 2.35. The third-order valence-electron chi connectivity index (χ3n) is 7.17. The van der Waals surface area contributed by atoms with E-state index in [0.29, 0.717) is 29.1 Å². The van der Waals surface area contributed by atoms with Gasteiger partial charge in [-0.3, -0.25) is 9.69 Å². The van der Waals surface area contributed by atoms with Gasteiger partial charge in [0.1, 0.15) is 11.1 Å². The van der Waals surface area contributed by atoms with E-state index in [1.165, 1.54) is 21.7 Å². The minimum absolute atomic E-state index is 0.0968. The van der Waals surface area contributed by atoms with Gasteiger partial charge in [-0.25, -0.2) is 19.0 Å². The van der Waals surface area contributed by atoms with E-state index in [-0.39, 0.29) is 28.9 Å². The Bertz CT molecular complexity index is 1630. The minimum Gasteiger partial charge on any atom is -0.443 e. The van der Waals surface area contributed by atoms with Crippen LogP contribution in [0.25, 0.3) is 16.7 Å². The lowest BCUT2D eigenvalue weighted by Gasteiger charge is -2.29. The van der Waals surface area contributed by atoms with Crippen molar-refractivity contribution in [1.29, 1.82) is 0 Å². The Morgan fingerprint density at radius 2 is 1.95 bits per heavy atom. The number of nitrogen functional groups attached to an aromatic ring is 1. The van der Waals surface area contributed by atoms with E-state index in [4.69, 9.17) is 26.8 Å². The summed E-state index contributed by atoms with van der Waals surface area (Å²) in [6.07, 6.45) is 3.21. The van der Waals surface area contributed by atoms with Gasteiger partial charge < -0.3 is 20.1 Å². The molecule has 0 saturated heterocycles. The van der Waals surface area contributed by atoms with Crippen LogP contribution in [0.15, 0.2) is 24.4 Å². The summed E-state index contributed by atoms with van der Waals surface area (Å²) in [5.41, 5.74) is 9.30. The van der Waals surface area contributed by atoms with Crippen LogP contribution in [0, 0.1) is 0 Å². The van der Waals surface area contributed by atoms with E-state index < -0.39 is 11.7 Å². The van der Waals surface area contributed by atoms with Crippen LogP contribution in [0.1, 0.15) is 56.1 Å². The van der Waals surface area contributed by atoms with Gasteiger partial charge >= 0.3 is 6.09 Å². The fourth-order valence-electron chi connectivity index (χ4n) is 5.12. The smallest absolute Gasteiger partial charge is 0.414 e. The van der Waals surface area contributed by atoms with Crippen molar-refractivity contribution < 1.29 is 19.1 Å². The molecule has 1 aliphatic rings. The Labute approximate surface area is 242 Å². The molecule has 3 aromatic heterocycles. The number of carbonyl (C=O) groups excluding carboxylic acids is 2. The maximum absolute atomic E-state index is 13.7. The third kappa shape index (κ3) is 5.64. The van der Waals surface area contributed by atoms with Crippen LogP contribution in [0.3, 0.4) is 0 Å². The van der Waals surface area contributed by atoms with Crippen molar-refractivity contribution >= 4 is 51.7 Å². The van der Waals surface area contributed by atoms with E-state index in [0.717, 1.165) is 30.3 Å². The van der Waals surface area contributed by atoms with Gasteiger partial charge in [-0.15, -0.1) is 5.10 Å². The van der Waals surface area contributed by atoms with E-state index in [9.17, 15) is 9.59 Å². The van der Waals surface area contributed by atoms with Gasteiger partial charge in [0.2, 0.25) is 0 Å². The molecule has 4 aromatic rings. The van der Waals surface area contributed by atoms with E-state index in [1.807, 2.05) is 19.2 Å². The zero-order valence-electron chi connectivity index (χ0n) is 24.0. The predicted molar refractivity (Wildman–Crippen MR) is 154 cm³/mol. The Balaban J connectivity index is 1.34. The van der Waals surface area contributed by atoms with E-state index >= 15 is 0 Å². The van der Waals surface area contributed by atoms with Gasteiger partial charge in [0.25, 0.3) is 5.91 Å². The van der Waals surface area contributed by atoms with Crippen LogP contribution < -0.4 is 10.6 Å². The first kappa shape index (κ1) is 28.6. The number of amides is 2. The fourth-order valence-corrected chi connectivity index (χ4v) is 5.30. The van der Waals surface area contributed by atoms with E-state index in [1.54, 1.807) is 44.4 Å². The van der Waals surface area contributed by atoms with Crippen LogP contribution in [-0.2, 0) is 23.1 Å². The number of aryl methyl sites for hydroxylation is 1. The number of imidazole rings is 1. The van der Waals surface area contributed by atoms with Crippen molar-refractivity contribution in [1.82, 2.24) is 34.5 Å². The van der Waals surface area contributed by atoms with Gasteiger partial charge in [-0.05, 0) is 57.7 Å².